The van der Waals surface area contributed by atoms with Crippen LogP contribution in [-0.4, -0.2) is 77.3 Å². The van der Waals surface area contributed by atoms with Crippen LogP contribution < -0.4 is 4.90 Å². The minimum atomic E-state index is 0.0317. The van der Waals surface area contributed by atoms with Gasteiger partial charge in [-0.05, 0) is 57.3 Å². The standard InChI is InChI=1S/C31H34ClN5O2/c1-20-18-37(21(2)17-35(20)3)19-28(38)36(4)25-13-11-24(12-14-25)33-30(22-8-6-5-7-9-22)29-26-15-10-23(32)16-27(26)34-31(29)39/h5-16,20-21,34,39H,17-19H2,1-4H3/t20-,21+/m0/s1. The van der Waals surface area contributed by atoms with Crippen LogP contribution in [0.3, 0.4) is 0 Å². The number of halogens is 1. The number of anilines is 1. The number of aromatic nitrogens is 1. The topological polar surface area (TPSA) is 75.2 Å². The van der Waals surface area contributed by atoms with Gasteiger partial charge < -0.3 is 19.9 Å². The first-order chi connectivity index (χ1) is 18.7. The largest absolute Gasteiger partial charge is 0.494 e. The number of nitrogens with zero attached hydrogens (tertiary/aromatic N) is 4. The van der Waals surface area contributed by atoms with Gasteiger partial charge in [-0.15, -0.1) is 0 Å². The molecule has 0 bridgehead atoms. The molecule has 1 fully saturated rings. The molecule has 7 nitrogen and oxygen atoms in total. The average Bonchev–Trinajstić information content (AvgIpc) is 3.25. The number of piperazine rings is 1. The fraction of sp³-hybridized carbons (Fsp3) is 0.290. The highest BCUT2D eigenvalue weighted by atomic mass is 35.5. The van der Waals surface area contributed by atoms with Gasteiger partial charge in [0.1, 0.15) is 0 Å². The van der Waals surface area contributed by atoms with Crippen molar-refractivity contribution in [2.75, 3.05) is 38.6 Å². The molecule has 2 atom stereocenters. The van der Waals surface area contributed by atoms with Gasteiger partial charge in [-0.3, -0.25) is 9.69 Å². The lowest BCUT2D eigenvalue weighted by Gasteiger charge is -2.42. The summed E-state index contributed by atoms with van der Waals surface area (Å²) in [4.78, 5) is 27.4. The lowest BCUT2D eigenvalue weighted by atomic mass is 10.0. The number of hydrogen-bond donors (Lipinski definition) is 2. The number of aliphatic imine (C=N–C) groups is 1. The van der Waals surface area contributed by atoms with E-state index in [1.54, 1.807) is 17.0 Å². The maximum atomic E-state index is 13.1. The molecular weight excluding hydrogens is 510 g/mol. The average molecular weight is 544 g/mol. The van der Waals surface area contributed by atoms with Gasteiger partial charge in [0.05, 0.1) is 29.0 Å². The number of carbonyl (C=O) groups is 1. The zero-order valence-electron chi connectivity index (χ0n) is 22.7. The van der Waals surface area contributed by atoms with E-state index in [1.807, 2.05) is 67.7 Å². The molecule has 5 rings (SSSR count). The highest BCUT2D eigenvalue weighted by Gasteiger charge is 2.29. The number of fused-ring (bicyclic) bond motifs is 1. The van der Waals surface area contributed by atoms with E-state index < -0.39 is 0 Å². The van der Waals surface area contributed by atoms with Crippen molar-refractivity contribution in [3.05, 3.63) is 88.9 Å². The summed E-state index contributed by atoms with van der Waals surface area (Å²) in [5, 5.41) is 12.3. The monoisotopic (exact) mass is 543 g/mol. The van der Waals surface area contributed by atoms with Crippen molar-refractivity contribution in [2.24, 2.45) is 4.99 Å². The maximum Gasteiger partial charge on any atom is 0.240 e. The molecule has 0 spiro atoms. The SMILES string of the molecule is C[C@@H]1CN(C)[C@@H](C)CN1CC(=O)N(C)c1ccc(N=C(c2ccccc2)c2c(O)[nH]c3cc(Cl)ccc23)cc1. The zero-order chi connectivity index (χ0) is 27.7. The van der Waals surface area contributed by atoms with E-state index in [9.17, 15) is 9.90 Å². The van der Waals surface area contributed by atoms with Crippen molar-refractivity contribution in [1.82, 2.24) is 14.8 Å². The Balaban J connectivity index is 1.42. The molecular formula is C31H34ClN5O2. The van der Waals surface area contributed by atoms with Crippen LogP contribution in [0.1, 0.15) is 25.0 Å². The number of rotatable bonds is 6. The van der Waals surface area contributed by atoms with Crippen LogP contribution in [0.15, 0.2) is 77.8 Å². The lowest BCUT2D eigenvalue weighted by molar-refractivity contribution is -0.120. The second-order valence-electron chi connectivity index (χ2n) is 10.4. The van der Waals surface area contributed by atoms with Crippen LogP contribution in [0.2, 0.25) is 5.02 Å². The predicted octanol–water partition coefficient (Wildman–Crippen LogP) is 5.68. The van der Waals surface area contributed by atoms with E-state index in [-0.39, 0.29) is 11.8 Å². The summed E-state index contributed by atoms with van der Waals surface area (Å²) in [7, 11) is 3.95. The fourth-order valence-corrected chi connectivity index (χ4v) is 5.32. The Morgan fingerprint density at radius 3 is 2.49 bits per heavy atom. The van der Waals surface area contributed by atoms with Crippen molar-refractivity contribution in [1.29, 1.82) is 0 Å². The Kier molecular flexibility index (Phi) is 7.75. The first-order valence-corrected chi connectivity index (χ1v) is 13.5. The minimum absolute atomic E-state index is 0.0317. The number of aromatic hydroxyl groups is 1. The molecule has 1 aliphatic heterocycles. The number of hydrogen-bond acceptors (Lipinski definition) is 5. The summed E-state index contributed by atoms with van der Waals surface area (Å²) < 4.78 is 0. The Hall–Kier alpha value is -3.65. The molecule has 1 amide bonds. The number of benzene rings is 3. The number of H-pyrrole nitrogens is 1. The molecule has 202 valence electrons. The molecule has 4 aromatic rings. The number of aromatic amines is 1. The number of likely N-dealkylation sites (N-methyl/N-ethyl adjacent to an activating group) is 2. The Labute approximate surface area is 234 Å². The lowest BCUT2D eigenvalue weighted by Crippen LogP contribution is -2.57. The van der Waals surface area contributed by atoms with Gasteiger partial charge in [-0.25, -0.2) is 4.99 Å². The van der Waals surface area contributed by atoms with E-state index in [0.29, 0.717) is 40.6 Å². The zero-order valence-corrected chi connectivity index (χ0v) is 23.5. The van der Waals surface area contributed by atoms with Gasteiger partial charge >= 0.3 is 0 Å². The predicted molar refractivity (Wildman–Crippen MR) is 160 cm³/mol. The second-order valence-corrected chi connectivity index (χ2v) is 10.8. The van der Waals surface area contributed by atoms with Gasteiger partial charge in [0.2, 0.25) is 5.91 Å². The van der Waals surface area contributed by atoms with Crippen molar-refractivity contribution >= 4 is 45.5 Å². The van der Waals surface area contributed by atoms with Gasteiger partial charge in [-0.2, -0.15) is 0 Å². The molecule has 39 heavy (non-hydrogen) atoms. The first kappa shape index (κ1) is 26.9. The summed E-state index contributed by atoms with van der Waals surface area (Å²) in [6.45, 7) is 6.58. The fourth-order valence-electron chi connectivity index (χ4n) is 5.15. The molecule has 8 heteroatoms. The van der Waals surface area contributed by atoms with Gasteiger partial charge in [0.25, 0.3) is 0 Å². The molecule has 0 unspecified atom stereocenters. The molecule has 1 aromatic heterocycles. The summed E-state index contributed by atoms with van der Waals surface area (Å²) in [6.07, 6.45) is 0. The van der Waals surface area contributed by atoms with Gasteiger partial charge in [0.15, 0.2) is 5.88 Å². The van der Waals surface area contributed by atoms with Crippen molar-refractivity contribution in [3.8, 4) is 5.88 Å². The maximum absolute atomic E-state index is 13.1. The van der Waals surface area contributed by atoms with Crippen LogP contribution in [0.25, 0.3) is 10.9 Å². The first-order valence-electron chi connectivity index (χ1n) is 13.2. The number of carbonyl (C=O) groups excluding carboxylic acids is 1. The summed E-state index contributed by atoms with van der Waals surface area (Å²) >= 11 is 6.18. The molecule has 0 aliphatic carbocycles. The van der Waals surface area contributed by atoms with Crippen LogP contribution in [-0.2, 0) is 4.79 Å². The van der Waals surface area contributed by atoms with E-state index in [4.69, 9.17) is 16.6 Å². The molecule has 3 aromatic carbocycles. The molecule has 2 heterocycles. The highest BCUT2D eigenvalue weighted by Crippen LogP contribution is 2.33. The molecule has 0 radical (unpaired) electrons. The number of amides is 1. The third-order valence-corrected chi connectivity index (χ3v) is 7.88. The molecule has 1 aliphatic rings. The Bertz CT molecular complexity index is 1500. The summed E-state index contributed by atoms with van der Waals surface area (Å²) in [6, 6.07) is 23.6. The Morgan fingerprint density at radius 1 is 1.05 bits per heavy atom. The van der Waals surface area contributed by atoms with Gasteiger partial charge in [0, 0.05) is 53.9 Å². The number of nitrogens with one attached hydrogen (secondary N) is 1. The van der Waals surface area contributed by atoms with Crippen molar-refractivity contribution in [2.45, 2.75) is 25.9 Å². The van der Waals surface area contributed by atoms with Crippen LogP contribution in [0.5, 0.6) is 5.88 Å². The van der Waals surface area contributed by atoms with Crippen molar-refractivity contribution in [3.63, 3.8) is 0 Å². The van der Waals surface area contributed by atoms with Gasteiger partial charge in [-0.1, -0.05) is 48.0 Å². The Morgan fingerprint density at radius 2 is 1.77 bits per heavy atom. The molecule has 0 saturated carbocycles. The molecule has 1 saturated heterocycles. The third kappa shape index (κ3) is 5.71. The minimum Gasteiger partial charge on any atom is -0.494 e. The smallest absolute Gasteiger partial charge is 0.240 e. The third-order valence-electron chi connectivity index (χ3n) is 7.64. The molecule has 2 N–H and O–H groups in total. The van der Waals surface area contributed by atoms with Crippen molar-refractivity contribution < 1.29 is 9.90 Å². The quantitative estimate of drug-likeness (QED) is 0.307. The van der Waals surface area contributed by atoms with E-state index >= 15 is 0 Å². The van der Waals surface area contributed by atoms with Crippen LogP contribution in [0.4, 0.5) is 11.4 Å². The van der Waals surface area contributed by atoms with E-state index in [1.165, 1.54) is 0 Å². The van der Waals surface area contributed by atoms with E-state index in [2.05, 4.69) is 35.7 Å². The summed E-state index contributed by atoms with van der Waals surface area (Å²) in [5.74, 6) is 0.0893. The highest BCUT2D eigenvalue weighted by molar-refractivity contribution is 6.31. The van der Waals surface area contributed by atoms with E-state index in [0.717, 1.165) is 35.2 Å². The summed E-state index contributed by atoms with van der Waals surface area (Å²) in [5.41, 5.74) is 4.37. The normalized spacial score (nSPS) is 18.9. The van der Waals surface area contributed by atoms with Crippen LogP contribution in [0, 0.1) is 0 Å². The van der Waals surface area contributed by atoms with Crippen LogP contribution >= 0.6 is 11.6 Å². The second kappa shape index (κ2) is 11.2.